The molecule has 0 aromatic heterocycles. The normalized spacial score (nSPS) is 26.5. The van der Waals surface area contributed by atoms with Crippen LogP contribution in [-0.4, -0.2) is 5.91 Å². The molecule has 3 heteroatoms. The van der Waals surface area contributed by atoms with Crippen LogP contribution in [0.2, 0.25) is 0 Å². The Labute approximate surface area is 75.8 Å². The van der Waals surface area contributed by atoms with Crippen LogP contribution in [0.5, 0.6) is 0 Å². The Morgan fingerprint density at radius 2 is 1.92 bits per heavy atom. The summed E-state index contributed by atoms with van der Waals surface area (Å²) in [5.41, 5.74) is 0.966. The molecule has 1 aromatic carbocycles. The monoisotopic (exact) mass is 179 g/mol. The molecular weight excluding hydrogens is 169 g/mol. The average Bonchev–Trinajstić information content (AvgIpc) is 2.15. The third-order valence-corrected chi connectivity index (χ3v) is 2.44. The van der Waals surface area contributed by atoms with Gasteiger partial charge in [0.25, 0.3) is 0 Å². The summed E-state index contributed by atoms with van der Waals surface area (Å²) in [4.78, 5) is 10.9. The van der Waals surface area contributed by atoms with E-state index in [1.54, 1.807) is 12.1 Å². The summed E-state index contributed by atoms with van der Waals surface area (Å²) in [5.74, 6) is -0.179. The molecule has 1 fully saturated rings. The fourth-order valence-electron chi connectivity index (χ4n) is 1.51. The second-order valence-corrected chi connectivity index (χ2v) is 3.33. The van der Waals surface area contributed by atoms with E-state index < -0.39 is 0 Å². The number of benzene rings is 1. The molecule has 2 atom stereocenters. The number of carbonyl (C=O) groups excluding carboxylic acids is 1. The van der Waals surface area contributed by atoms with Crippen molar-refractivity contribution in [3.05, 3.63) is 35.6 Å². The number of hydrogen-bond acceptors (Lipinski definition) is 1. The van der Waals surface area contributed by atoms with Crippen molar-refractivity contribution in [3.63, 3.8) is 0 Å². The summed E-state index contributed by atoms with van der Waals surface area (Å²) in [6.45, 7) is 1.87. The van der Waals surface area contributed by atoms with Gasteiger partial charge < -0.3 is 5.32 Å². The number of halogens is 1. The quantitative estimate of drug-likeness (QED) is 0.652. The summed E-state index contributed by atoms with van der Waals surface area (Å²) >= 11 is 0. The summed E-state index contributed by atoms with van der Waals surface area (Å²) in [5, 5.41) is 2.77. The van der Waals surface area contributed by atoms with Gasteiger partial charge in [0.05, 0.1) is 12.0 Å². The molecule has 0 spiro atoms. The summed E-state index contributed by atoms with van der Waals surface area (Å²) < 4.78 is 12.6. The molecule has 1 heterocycles. The maximum Gasteiger partial charge on any atom is 0.225 e. The largest absolute Gasteiger partial charge is 0.348 e. The Morgan fingerprint density at radius 1 is 1.31 bits per heavy atom. The number of β-lactam (4-membered cyclic amide) rings is 1. The maximum atomic E-state index is 12.6. The zero-order valence-corrected chi connectivity index (χ0v) is 7.25. The van der Waals surface area contributed by atoms with Gasteiger partial charge in [-0.15, -0.1) is 0 Å². The van der Waals surface area contributed by atoms with Gasteiger partial charge in [-0.25, -0.2) is 4.39 Å². The molecule has 68 valence electrons. The second kappa shape index (κ2) is 2.83. The van der Waals surface area contributed by atoms with Gasteiger partial charge in [0.15, 0.2) is 0 Å². The minimum absolute atomic E-state index is 0.00506. The number of amides is 1. The van der Waals surface area contributed by atoms with E-state index in [1.807, 2.05) is 6.92 Å². The lowest BCUT2D eigenvalue weighted by Crippen LogP contribution is -2.49. The first-order chi connectivity index (χ1) is 6.18. The van der Waals surface area contributed by atoms with E-state index in [-0.39, 0.29) is 23.7 Å². The Morgan fingerprint density at radius 3 is 2.38 bits per heavy atom. The lowest BCUT2D eigenvalue weighted by atomic mass is 9.87. The Bertz CT molecular complexity index is 333. The van der Waals surface area contributed by atoms with Crippen molar-refractivity contribution in [1.29, 1.82) is 0 Å². The molecule has 1 aromatic rings. The van der Waals surface area contributed by atoms with E-state index in [1.165, 1.54) is 12.1 Å². The molecule has 0 saturated carbocycles. The first kappa shape index (κ1) is 8.23. The van der Waals surface area contributed by atoms with Crippen LogP contribution in [0.25, 0.3) is 0 Å². The minimum Gasteiger partial charge on any atom is -0.348 e. The molecule has 1 saturated heterocycles. The summed E-state index contributed by atoms with van der Waals surface area (Å²) in [6.07, 6.45) is 0. The number of rotatable bonds is 1. The van der Waals surface area contributed by atoms with E-state index in [4.69, 9.17) is 0 Å². The molecule has 1 aliphatic heterocycles. The highest BCUT2D eigenvalue weighted by molar-refractivity contribution is 5.85. The van der Waals surface area contributed by atoms with Crippen molar-refractivity contribution in [2.75, 3.05) is 0 Å². The first-order valence-corrected chi connectivity index (χ1v) is 4.24. The van der Waals surface area contributed by atoms with Crippen molar-refractivity contribution < 1.29 is 9.18 Å². The van der Waals surface area contributed by atoms with Gasteiger partial charge in [0.1, 0.15) is 5.82 Å². The number of hydrogen-bond donors (Lipinski definition) is 1. The number of carbonyl (C=O) groups is 1. The standard InChI is InChI=1S/C10H10FNO/c1-6-9(12-10(6)13)7-2-4-8(11)5-3-7/h2-6,9H,1H3,(H,12,13). The van der Waals surface area contributed by atoms with Gasteiger partial charge in [0.2, 0.25) is 5.91 Å². The van der Waals surface area contributed by atoms with Crippen LogP contribution >= 0.6 is 0 Å². The fraction of sp³-hybridized carbons (Fsp3) is 0.300. The smallest absolute Gasteiger partial charge is 0.225 e. The fourth-order valence-corrected chi connectivity index (χ4v) is 1.51. The Hall–Kier alpha value is -1.38. The molecule has 1 amide bonds. The molecule has 1 N–H and O–H groups in total. The van der Waals surface area contributed by atoms with Gasteiger partial charge >= 0.3 is 0 Å². The molecule has 2 nitrogen and oxygen atoms in total. The highest BCUT2D eigenvalue weighted by Gasteiger charge is 2.35. The Kier molecular flexibility index (Phi) is 1.79. The molecule has 0 aliphatic carbocycles. The highest BCUT2D eigenvalue weighted by atomic mass is 19.1. The highest BCUT2D eigenvalue weighted by Crippen LogP contribution is 2.29. The molecule has 1 aliphatic rings. The third-order valence-electron chi connectivity index (χ3n) is 2.44. The second-order valence-electron chi connectivity index (χ2n) is 3.33. The summed E-state index contributed by atoms with van der Waals surface area (Å²) in [7, 11) is 0. The van der Waals surface area contributed by atoms with Crippen LogP contribution in [-0.2, 0) is 4.79 Å². The van der Waals surface area contributed by atoms with Gasteiger partial charge in [-0.1, -0.05) is 19.1 Å². The predicted molar refractivity (Wildman–Crippen MR) is 46.4 cm³/mol. The molecule has 13 heavy (non-hydrogen) atoms. The molecular formula is C10H10FNO. The SMILES string of the molecule is CC1C(=O)NC1c1ccc(F)cc1. The predicted octanol–water partition coefficient (Wildman–Crippen LogP) is 1.63. The van der Waals surface area contributed by atoms with E-state index in [0.29, 0.717) is 0 Å². The zero-order valence-electron chi connectivity index (χ0n) is 7.25. The maximum absolute atomic E-state index is 12.6. The van der Waals surface area contributed by atoms with Crippen LogP contribution in [0, 0.1) is 11.7 Å². The molecule has 0 radical (unpaired) electrons. The van der Waals surface area contributed by atoms with Crippen LogP contribution in [0.4, 0.5) is 4.39 Å². The lowest BCUT2D eigenvalue weighted by molar-refractivity contribution is -0.134. The van der Waals surface area contributed by atoms with Crippen molar-refractivity contribution in [2.45, 2.75) is 13.0 Å². The van der Waals surface area contributed by atoms with E-state index in [0.717, 1.165) is 5.56 Å². The van der Waals surface area contributed by atoms with Crippen LogP contribution in [0.3, 0.4) is 0 Å². The molecule has 2 unspecified atom stereocenters. The zero-order chi connectivity index (χ0) is 9.42. The van der Waals surface area contributed by atoms with Crippen molar-refractivity contribution in [1.82, 2.24) is 5.32 Å². The van der Waals surface area contributed by atoms with Gasteiger partial charge in [0, 0.05) is 0 Å². The average molecular weight is 179 g/mol. The minimum atomic E-state index is -0.248. The van der Waals surface area contributed by atoms with Crippen LogP contribution in [0.15, 0.2) is 24.3 Å². The van der Waals surface area contributed by atoms with Crippen LogP contribution in [0.1, 0.15) is 18.5 Å². The van der Waals surface area contributed by atoms with E-state index >= 15 is 0 Å². The molecule has 0 bridgehead atoms. The van der Waals surface area contributed by atoms with Crippen molar-refractivity contribution in [3.8, 4) is 0 Å². The summed E-state index contributed by atoms with van der Waals surface area (Å²) in [6, 6.07) is 6.29. The van der Waals surface area contributed by atoms with Gasteiger partial charge in [-0.2, -0.15) is 0 Å². The Balaban J connectivity index is 2.18. The lowest BCUT2D eigenvalue weighted by Gasteiger charge is -2.34. The van der Waals surface area contributed by atoms with Gasteiger partial charge in [-0.3, -0.25) is 4.79 Å². The van der Waals surface area contributed by atoms with Crippen molar-refractivity contribution >= 4 is 5.91 Å². The van der Waals surface area contributed by atoms with Gasteiger partial charge in [-0.05, 0) is 17.7 Å². The molecule has 2 rings (SSSR count). The van der Waals surface area contributed by atoms with Crippen molar-refractivity contribution in [2.24, 2.45) is 5.92 Å². The third kappa shape index (κ3) is 1.30. The van der Waals surface area contributed by atoms with Crippen LogP contribution < -0.4 is 5.32 Å². The number of nitrogens with one attached hydrogen (secondary N) is 1. The first-order valence-electron chi connectivity index (χ1n) is 4.24. The van der Waals surface area contributed by atoms with E-state index in [9.17, 15) is 9.18 Å². The topological polar surface area (TPSA) is 29.1 Å². The van der Waals surface area contributed by atoms with E-state index in [2.05, 4.69) is 5.32 Å².